The van der Waals surface area contributed by atoms with Crippen LogP contribution in [-0.4, -0.2) is 45.7 Å². The van der Waals surface area contributed by atoms with Crippen LogP contribution in [0.1, 0.15) is 53.6 Å². The molecule has 0 saturated carbocycles. The summed E-state index contributed by atoms with van der Waals surface area (Å²) in [6, 6.07) is -3.57. The van der Waals surface area contributed by atoms with Gasteiger partial charge in [-0.3, -0.25) is 9.48 Å². The zero-order chi connectivity index (χ0) is 22.9. The van der Waals surface area contributed by atoms with Crippen LogP contribution in [-0.2, 0) is 7.05 Å². The molecule has 2 aliphatic heterocycles. The Hall–Kier alpha value is -1.88. The van der Waals surface area contributed by atoms with Gasteiger partial charge in [-0.2, -0.15) is 5.10 Å². The van der Waals surface area contributed by atoms with Crippen LogP contribution < -0.4 is 5.32 Å². The highest BCUT2D eigenvalue weighted by Gasteiger charge is 2.36. The van der Waals surface area contributed by atoms with Crippen LogP contribution in [0.2, 0.25) is 0 Å². The number of nitrogens with one attached hydrogen (secondary N) is 1. The van der Waals surface area contributed by atoms with Gasteiger partial charge in [0.05, 0.1) is 12.4 Å². The number of hydrogen-bond donors (Lipinski definition) is 1. The zero-order valence-electron chi connectivity index (χ0n) is 20.9. The van der Waals surface area contributed by atoms with E-state index in [1.807, 2.05) is 0 Å². The molecule has 5 nitrogen and oxygen atoms in total. The first kappa shape index (κ1) is 8.29. The summed E-state index contributed by atoms with van der Waals surface area (Å²) >= 11 is 0. The monoisotopic (exact) mass is 320 g/mol. The second-order valence-electron chi connectivity index (χ2n) is 6.31. The zero-order valence-corrected chi connectivity index (χ0v) is 12.9. The smallest absolute Gasteiger partial charge is 0.272 e. The van der Waals surface area contributed by atoms with Gasteiger partial charge in [-0.1, -0.05) is 24.5 Å². The minimum absolute atomic E-state index is 0.00900. The molecule has 1 aromatic carbocycles. The van der Waals surface area contributed by atoms with Crippen LogP contribution in [0.15, 0.2) is 24.2 Å². The molecular formula is C18H24N4O. The molecule has 0 spiro atoms. The van der Waals surface area contributed by atoms with E-state index < -0.39 is 31.0 Å². The summed E-state index contributed by atoms with van der Waals surface area (Å²) in [5.74, 6) is -0.703. The summed E-state index contributed by atoms with van der Waals surface area (Å²) in [6.45, 7) is -2.25. The van der Waals surface area contributed by atoms with Crippen LogP contribution in [0.25, 0.3) is 10.9 Å². The Morgan fingerprint density at radius 3 is 2.87 bits per heavy atom. The van der Waals surface area contributed by atoms with Gasteiger partial charge in [0.1, 0.15) is 0 Å². The van der Waals surface area contributed by atoms with Crippen LogP contribution in [0.5, 0.6) is 0 Å². The Bertz CT molecular complexity index is 1050. The van der Waals surface area contributed by atoms with E-state index in [0.717, 1.165) is 6.42 Å². The highest BCUT2D eigenvalue weighted by Crippen LogP contribution is 2.32. The molecule has 2 aromatic rings. The lowest BCUT2D eigenvalue weighted by Gasteiger charge is -2.47. The average molecular weight is 320 g/mol. The van der Waals surface area contributed by atoms with Gasteiger partial charge in [0.25, 0.3) is 5.91 Å². The molecule has 3 heterocycles. The lowest BCUT2D eigenvalue weighted by molar-refractivity contribution is 0.0462. The van der Waals surface area contributed by atoms with E-state index in [1.54, 1.807) is 0 Å². The fourth-order valence-electron chi connectivity index (χ4n) is 3.67. The topological polar surface area (TPSA) is 50.2 Å². The van der Waals surface area contributed by atoms with Gasteiger partial charge in [-0.25, -0.2) is 0 Å². The van der Waals surface area contributed by atoms with E-state index in [-0.39, 0.29) is 53.6 Å². The number of carbonyl (C=O) groups is 1. The highest BCUT2D eigenvalue weighted by atomic mass is 16.2. The fourth-order valence-corrected chi connectivity index (χ4v) is 3.67. The molecule has 5 heteroatoms. The Labute approximate surface area is 147 Å². The van der Waals surface area contributed by atoms with Crippen molar-refractivity contribution in [3.8, 4) is 0 Å². The van der Waals surface area contributed by atoms with Crippen molar-refractivity contribution < 1.29 is 15.8 Å². The molecule has 0 radical (unpaired) electrons. The van der Waals surface area contributed by atoms with Gasteiger partial charge in [0.2, 0.25) is 0 Å². The molecule has 122 valence electrons. The third kappa shape index (κ3) is 2.53. The maximum absolute atomic E-state index is 13.1. The Morgan fingerprint density at radius 1 is 1.39 bits per heavy atom. The number of benzene rings is 1. The standard InChI is InChI=1S/C18H24N4O/c1-21-13-6-5-7-14(21)11-12(10-13)19-18(23)17-15-8-3-4-9-16(15)22(2)20-17/h3-4,8-9,12-14H,5-7,10-11H2,1-2H3,(H,19,23)/t13-,14-/m1/s1/i1D3,3D,4D,8D,9D,12D. The summed E-state index contributed by atoms with van der Waals surface area (Å²) in [7, 11) is 1.50. The molecule has 2 aliphatic rings. The molecule has 2 saturated heterocycles. The minimum Gasteiger partial charge on any atom is -0.348 e. The first-order valence-corrected chi connectivity index (χ1v) is 7.88. The van der Waals surface area contributed by atoms with Crippen LogP contribution in [0, 0.1) is 0 Å². The SMILES string of the molecule is [2H]c1c([2H])c([2H])c2c(c(C(=O)NC3([2H])C[C@H]4CCC[C@H](C3)N4C([2H])([2H])[2H])nn2C)c1[2H]. The molecule has 2 atom stereocenters. The van der Waals surface area contributed by atoms with Gasteiger partial charge < -0.3 is 10.2 Å². The highest BCUT2D eigenvalue weighted by molar-refractivity contribution is 6.04. The molecule has 23 heavy (non-hydrogen) atoms. The van der Waals surface area contributed by atoms with Crippen molar-refractivity contribution in [1.29, 1.82) is 0 Å². The largest absolute Gasteiger partial charge is 0.348 e. The second kappa shape index (κ2) is 5.64. The van der Waals surface area contributed by atoms with E-state index >= 15 is 0 Å². The molecule has 2 bridgehead atoms. The molecule has 0 unspecified atom stereocenters. The third-order valence-electron chi connectivity index (χ3n) is 4.81. The van der Waals surface area contributed by atoms with Gasteiger partial charge >= 0.3 is 0 Å². The summed E-state index contributed by atoms with van der Waals surface area (Å²) in [5, 5.41) is 6.83. The van der Waals surface area contributed by atoms with Crippen molar-refractivity contribution in [3.63, 3.8) is 0 Å². The summed E-state index contributed by atoms with van der Waals surface area (Å²) < 4.78 is 65.6. The lowest BCUT2D eigenvalue weighted by Crippen LogP contribution is -2.55. The number of aromatic nitrogens is 2. The normalized spacial score (nSPS) is 36.7. The maximum Gasteiger partial charge on any atom is 0.272 e. The van der Waals surface area contributed by atoms with Crippen LogP contribution in [0.4, 0.5) is 0 Å². The first-order valence-electron chi connectivity index (χ1n) is 11.9. The third-order valence-corrected chi connectivity index (χ3v) is 4.81. The molecular weight excluding hydrogens is 288 g/mol. The average Bonchev–Trinajstić information content (AvgIpc) is 3.00. The summed E-state index contributed by atoms with van der Waals surface area (Å²) in [6.07, 6.45) is 2.50. The number of rotatable bonds is 2. The van der Waals surface area contributed by atoms with Gasteiger partial charge in [0, 0.05) is 34.6 Å². The van der Waals surface area contributed by atoms with Crippen molar-refractivity contribution >= 4 is 16.8 Å². The maximum atomic E-state index is 13.1. The van der Waals surface area contributed by atoms with E-state index in [1.165, 1.54) is 16.6 Å². The number of hydrogen-bond acceptors (Lipinski definition) is 3. The fraction of sp³-hybridized carbons (Fsp3) is 0.556. The molecule has 4 rings (SSSR count). The number of aryl methyl sites for hydroxylation is 1. The van der Waals surface area contributed by atoms with Crippen molar-refractivity contribution in [2.24, 2.45) is 7.05 Å². The number of para-hydroxylation sites is 1. The first-order chi connectivity index (χ1) is 14.3. The van der Waals surface area contributed by atoms with E-state index in [2.05, 4.69) is 10.4 Å². The quantitative estimate of drug-likeness (QED) is 0.924. The molecule has 1 aromatic heterocycles. The van der Waals surface area contributed by atoms with Crippen LogP contribution >= 0.6 is 0 Å². The Kier molecular flexibility index (Phi) is 2.03. The van der Waals surface area contributed by atoms with Crippen LogP contribution in [0.3, 0.4) is 0 Å². The summed E-state index contributed by atoms with van der Waals surface area (Å²) in [5.41, 5.74) is -0.0520. The summed E-state index contributed by atoms with van der Waals surface area (Å²) in [4.78, 5) is 14.6. The lowest BCUT2D eigenvalue weighted by atomic mass is 9.82. The van der Waals surface area contributed by atoms with Gasteiger partial charge in [-0.05, 0) is 38.7 Å². The van der Waals surface area contributed by atoms with Crippen molar-refractivity contribution in [3.05, 3.63) is 29.9 Å². The number of fused-ring (bicyclic) bond motifs is 3. The van der Waals surface area contributed by atoms with E-state index in [0.29, 0.717) is 12.8 Å². The number of carbonyl (C=O) groups excluding carboxylic acids is 1. The van der Waals surface area contributed by atoms with Gasteiger partial charge in [-0.15, -0.1) is 0 Å². The van der Waals surface area contributed by atoms with Gasteiger partial charge in [0.15, 0.2) is 5.69 Å². The Balaban J connectivity index is 1.67. The minimum atomic E-state index is -2.25. The van der Waals surface area contributed by atoms with Crippen molar-refractivity contribution in [1.82, 2.24) is 20.0 Å². The number of nitrogens with zero attached hydrogens (tertiary/aromatic N) is 3. The molecule has 2 fully saturated rings. The molecule has 1 N–H and O–H groups in total. The second-order valence-corrected chi connectivity index (χ2v) is 6.31. The van der Waals surface area contributed by atoms with Crippen molar-refractivity contribution in [2.45, 2.75) is 50.2 Å². The van der Waals surface area contributed by atoms with Crippen molar-refractivity contribution in [2.75, 3.05) is 6.98 Å². The molecule has 1 amide bonds. The predicted octanol–water partition coefficient (Wildman–Crippen LogP) is 2.32. The van der Waals surface area contributed by atoms with E-state index in [4.69, 9.17) is 11.0 Å². The predicted molar refractivity (Wildman–Crippen MR) is 90.4 cm³/mol. The number of piperidine rings is 2. The molecule has 0 aliphatic carbocycles. The van der Waals surface area contributed by atoms with E-state index in [9.17, 15) is 4.79 Å². The number of amides is 1. The Morgan fingerprint density at radius 2 is 2.13 bits per heavy atom.